The van der Waals surface area contributed by atoms with Crippen LogP contribution < -0.4 is 21.1 Å². The molecule has 0 spiro atoms. The molecule has 10 heteroatoms. The highest BCUT2D eigenvalue weighted by Crippen LogP contribution is 2.33. The topological polar surface area (TPSA) is 155 Å². The largest absolute Gasteiger partial charge is 0.491 e. The van der Waals surface area contributed by atoms with E-state index >= 15 is 0 Å². The number of aliphatic hydroxyl groups is 1. The minimum Gasteiger partial charge on any atom is -0.491 e. The number of aryl methyl sites for hydroxylation is 2. The summed E-state index contributed by atoms with van der Waals surface area (Å²) in [4.78, 5) is 37.4. The van der Waals surface area contributed by atoms with Crippen LogP contribution in [0.5, 0.6) is 5.75 Å². The molecule has 0 bridgehead atoms. The summed E-state index contributed by atoms with van der Waals surface area (Å²) in [7, 11) is 0. The first-order valence-electron chi connectivity index (χ1n) is 10.1. The van der Waals surface area contributed by atoms with Crippen molar-refractivity contribution in [3.05, 3.63) is 53.1 Å². The monoisotopic (exact) mass is 436 g/mol. The number of aromatic amines is 1. The molecule has 0 saturated carbocycles. The Labute approximate surface area is 183 Å². The van der Waals surface area contributed by atoms with Crippen LogP contribution in [-0.2, 0) is 15.1 Å². The predicted molar refractivity (Wildman–Crippen MR) is 120 cm³/mol. The van der Waals surface area contributed by atoms with Crippen molar-refractivity contribution in [3.63, 3.8) is 0 Å². The molecular weight excluding hydrogens is 412 g/mol. The lowest BCUT2D eigenvalue weighted by Crippen LogP contribution is -2.59. The van der Waals surface area contributed by atoms with Gasteiger partial charge in [0, 0.05) is 6.07 Å². The van der Waals surface area contributed by atoms with Gasteiger partial charge in [0.1, 0.15) is 12.4 Å². The predicted octanol–water partition coefficient (Wildman–Crippen LogP) is 0.870. The number of fused-ring (bicyclic) bond motifs is 1. The number of hydrogen-bond acceptors (Lipinski definition) is 7. The molecule has 3 aromatic rings. The van der Waals surface area contributed by atoms with Crippen LogP contribution in [-0.4, -0.2) is 52.5 Å². The van der Waals surface area contributed by atoms with Crippen LogP contribution in [0.1, 0.15) is 16.7 Å². The number of rotatable bonds is 7. The zero-order valence-corrected chi connectivity index (χ0v) is 17.7. The van der Waals surface area contributed by atoms with Crippen molar-refractivity contribution in [2.75, 3.05) is 18.5 Å². The molecule has 2 amide bonds. The van der Waals surface area contributed by atoms with Crippen molar-refractivity contribution in [2.24, 2.45) is 10.7 Å². The Morgan fingerprint density at radius 2 is 2.06 bits per heavy atom. The lowest BCUT2D eigenvalue weighted by atomic mass is 9.80. The Morgan fingerprint density at radius 3 is 2.78 bits per heavy atom. The number of anilines is 1. The fraction of sp³-hybridized carbons (Fsp3) is 0.273. The first-order valence-corrected chi connectivity index (χ1v) is 10.1. The highest BCUT2D eigenvalue weighted by atomic mass is 16.5. The number of aromatic nitrogens is 2. The second-order valence-corrected chi connectivity index (χ2v) is 7.64. The van der Waals surface area contributed by atoms with Gasteiger partial charge >= 0.3 is 0 Å². The van der Waals surface area contributed by atoms with E-state index in [-0.39, 0.29) is 19.2 Å². The average molecular weight is 436 g/mol. The van der Waals surface area contributed by atoms with Crippen LogP contribution in [0.2, 0.25) is 0 Å². The van der Waals surface area contributed by atoms with E-state index in [0.29, 0.717) is 22.3 Å². The van der Waals surface area contributed by atoms with E-state index in [2.05, 4.69) is 25.6 Å². The van der Waals surface area contributed by atoms with Crippen LogP contribution in [0, 0.1) is 13.8 Å². The van der Waals surface area contributed by atoms with Crippen molar-refractivity contribution in [1.82, 2.24) is 15.3 Å². The Hall–Kier alpha value is -3.92. The summed E-state index contributed by atoms with van der Waals surface area (Å²) in [6.07, 6.45) is 1.33. The van der Waals surface area contributed by atoms with Crippen LogP contribution in [0.25, 0.3) is 11.0 Å². The molecule has 166 valence electrons. The zero-order chi connectivity index (χ0) is 22.9. The van der Waals surface area contributed by atoms with Gasteiger partial charge in [-0.1, -0.05) is 23.8 Å². The lowest BCUT2D eigenvalue weighted by Gasteiger charge is -2.32. The van der Waals surface area contributed by atoms with Gasteiger partial charge in [-0.25, -0.2) is 4.98 Å². The Kier molecular flexibility index (Phi) is 5.54. The summed E-state index contributed by atoms with van der Waals surface area (Å²) in [5.41, 5.74) is 7.96. The van der Waals surface area contributed by atoms with Gasteiger partial charge in [0.15, 0.2) is 11.6 Å². The lowest BCUT2D eigenvalue weighted by molar-refractivity contribution is -0.129. The molecule has 2 heterocycles. The minimum atomic E-state index is -1.51. The molecule has 0 fully saturated rings. The number of benzene rings is 2. The van der Waals surface area contributed by atoms with E-state index in [1.807, 2.05) is 26.0 Å². The van der Waals surface area contributed by atoms with Gasteiger partial charge in [-0.2, -0.15) is 0 Å². The third-order valence-electron chi connectivity index (χ3n) is 5.42. The van der Waals surface area contributed by atoms with Gasteiger partial charge in [-0.15, -0.1) is 0 Å². The molecule has 2 unspecified atom stereocenters. The summed E-state index contributed by atoms with van der Waals surface area (Å²) in [6.45, 7) is 3.87. The number of carbonyl (C=O) groups excluding carboxylic acids is 2. The number of aliphatic hydroxyl groups excluding tert-OH is 1. The van der Waals surface area contributed by atoms with Crippen molar-refractivity contribution >= 4 is 35.1 Å². The number of amides is 2. The fourth-order valence-electron chi connectivity index (χ4n) is 3.97. The molecule has 0 aliphatic carbocycles. The van der Waals surface area contributed by atoms with Crippen LogP contribution in [0.4, 0.5) is 5.95 Å². The average Bonchev–Trinajstić information content (AvgIpc) is 3.36. The summed E-state index contributed by atoms with van der Waals surface area (Å²) < 4.78 is 5.39. The Morgan fingerprint density at radius 1 is 1.25 bits per heavy atom. The van der Waals surface area contributed by atoms with Gasteiger partial charge < -0.3 is 25.9 Å². The highest BCUT2D eigenvalue weighted by molar-refractivity contribution is 6.05. The number of primary amides is 1. The molecule has 4 rings (SSSR count). The maximum atomic E-state index is 13.2. The highest BCUT2D eigenvalue weighted by Gasteiger charge is 2.52. The van der Waals surface area contributed by atoms with Gasteiger partial charge in [-0.05, 0) is 37.1 Å². The smallest absolute Gasteiger partial charge is 0.254 e. The Bertz CT molecular complexity index is 1220. The van der Waals surface area contributed by atoms with E-state index in [0.717, 1.165) is 11.1 Å². The van der Waals surface area contributed by atoms with Crippen molar-refractivity contribution in [2.45, 2.75) is 25.4 Å². The first kappa shape index (κ1) is 21.3. The molecule has 2 aromatic carbocycles. The van der Waals surface area contributed by atoms with Gasteiger partial charge in [0.05, 0.1) is 24.0 Å². The molecule has 10 nitrogen and oxygen atoms in total. The number of H-pyrrole nitrogens is 1. The summed E-state index contributed by atoms with van der Waals surface area (Å²) in [5, 5.41) is 14.5. The summed E-state index contributed by atoms with van der Waals surface area (Å²) >= 11 is 0. The normalized spacial score (nSPS) is 19.7. The number of hydrogen-bond donors (Lipinski definition) is 5. The molecule has 1 aliphatic rings. The quantitative estimate of drug-likeness (QED) is 0.370. The minimum absolute atomic E-state index is 0.0969. The molecule has 32 heavy (non-hydrogen) atoms. The van der Waals surface area contributed by atoms with Crippen LogP contribution in [0.15, 0.2) is 41.4 Å². The van der Waals surface area contributed by atoms with E-state index in [9.17, 15) is 9.59 Å². The third-order valence-corrected chi connectivity index (χ3v) is 5.42. The molecule has 0 radical (unpaired) electrons. The molecule has 1 aromatic heterocycles. The number of carbonyl (C=O) groups is 2. The molecular formula is C22H24N6O4. The van der Waals surface area contributed by atoms with Gasteiger partial charge in [-0.3, -0.25) is 19.9 Å². The van der Waals surface area contributed by atoms with Crippen molar-refractivity contribution in [3.8, 4) is 5.75 Å². The van der Waals surface area contributed by atoms with Crippen molar-refractivity contribution in [1.29, 1.82) is 0 Å². The number of nitrogens with zero attached hydrogens (tertiary/aromatic N) is 2. The summed E-state index contributed by atoms with van der Waals surface area (Å²) in [5.74, 6) is -0.496. The van der Waals surface area contributed by atoms with Gasteiger partial charge in [0.25, 0.3) is 11.8 Å². The molecule has 0 saturated heterocycles. The standard InChI is InChI=1S/C22H24N6O4/c1-12-3-5-15(13(2)9-12)22(20(23)31)18(24-11-25-22)19(30)28-21-26-16-6-4-14(32-8-7-29)10-17(16)27-21/h3-6,9-11,18,29H,7-8H2,1-2H3,(H2,23,31)(H,24,25)(H2,26,27,28,30). The van der Waals surface area contributed by atoms with Gasteiger partial charge in [0.2, 0.25) is 5.95 Å². The van der Waals surface area contributed by atoms with E-state index < -0.39 is 23.4 Å². The Balaban J connectivity index is 1.63. The number of nitrogens with two attached hydrogens (primary N) is 1. The fourth-order valence-corrected chi connectivity index (χ4v) is 3.97. The number of nitrogens with one attached hydrogen (secondary N) is 3. The second-order valence-electron chi connectivity index (χ2n) is 7.64. The van der Waals surface area contributed by atoms with Crippen LogP contribution >= 0.6 is 0 Å². The molecule has 2 atom stereocenters. The SMILES string of the molecule is Cc1ccc(C2(C(N)=O)NC=NC2C(=O)Nc2nc3ccc(OCCO)cc3[nH]2)c(C)c1. The first-order chi connectivity index (χ1) is 15.3. The summed E-state index contributed by atoms with van der Waals surface area (Å²) in [6, 6.07) is 9.60. The van der Waals surface area contributed by atoms with Crippen LogP contribution in [0.3, 0.4) is 0 Å². The van der Waals surface area contributed by atoms with Crippen molar-refractivity contribution < 1.29 is 19.4 Å². The molecule has 1 aliphatic heterocycles. The number of ether oxygens (including phenoxy) is 1. The number of aliphatic imine (C=N–C) groups is 1. The zero-order valence-electron chi connectivity index (χ0n) is 17.7. The van der Waals surface area contributed by atoms with E-state index in [4.69, 9.17) is 15.6 Å². The maximum absolute atomic E-state index is 13.2. The second kappa shape index (κ2) is 8.31. The maximum Gasteiger partial charge on any atom is 0.254 e. The number of imidazole rings is 1. The van der Waals surface area contributed by atoms with E-state index in [1.165, 1.54) is 6.34 Å². The van der Waals surface area contributed by atoms with E-state index in [1.54, 1.807) is 24.3 Å². The molecule has 6 N–H and O–H groups in total. The third kappa shape index (κ3) is 3.65.